The van der Waals surface area contributed by atoms with E-state index in [2.05, 4.69) is 20.4 Å². The van der Waals surface area contributed by atoms with E-state index in [4.69, 9.17) is 0 Å². The molecular weight excluding hydrogens is 524 g/mol. The number of fused-ring (bicyclic) bond motifs is 2. The molecule has 2 saturated heterocycles. The van der Waals surface area contributed by atoms with Crippen LogP contribution in [0.4, 0.5) is 17.6 Å². The van der Waals surface area contributed by atoms with Crippen LogP contribution < -0.4 is 10.6 Å². The number of aromatic nitrogens is 1. The number of aromatic amines is 1. The van der Waals surface area contributed by atoms with E-state index in [1.54, 1.807) is 0 Å². The Morgan fingerprint density at radius 2 is 1.95 bits per heavy atom. The van der Waals surface area contributed by atoms with Crippen molar-refractivity contribution >= 4 is 34.4 Å². The summed E-state index contributed by atoms with van der Waals surface area (Å²) in [6, 6.07) is 3.19. The van der Waals surface area contributed by atoms with Crippen molar-refractivity contribution in [1.82, 2.24) is 20.5 Å². The van der Waals surface area contributed by atoms with Gasteiger partial charge in [0.25, 0.3) is 5.91 Å². The van der Waals surface area contributed by atoms with Gasteiger partial charge in [-0.2, -0.15) is 0 Å². The van der Waals surface area contributed by atoms with Gasteiger partial charge in [0, 0.05) is 29.9 Å². The minimum atomic E-state index is -5.04. The predicted molar refractivity (Wildman–Crippen MR) is 129 cm³/mol. The van der Waals surface area contributed by atoms with Gasteiger partial charge in [0.1, 0.15) is 24.2 Å². The second kappa shape index (κ2) is 10.6. The number of amides is 3. The third-order valence-corrected chi connectivity index (χ3v) is 8.00. The average Bonchev–Trinajstić information content (AvgIpc) is 3.65. The third-order valence-electron chi connectivity index (χ3n) is 8.00. The lowest BCUT2D eigenvalue weighted by molar-refractivity contribution is -0.321. The topological polar surface area (TPSA) is 121 Å². The highest BCUT2D eigenvalue weighted by atomic mass is 19.4. The van der Waals surface area contributed by atoms with Gasteiger partial charge >= 0.3 is 6.36 Å². The van der Waals surface area contributed by atoms with Crippen molar-refractivity contribution in [2.75, 3.05) is 19.7 Å². The lowest BCUT2D eigenvalue weighted by Gasteiger charge is -2.29. The first kappa shape index (κ1) is 27.1. The summed E-state index contributed by atoms with van der Waals surface area (Å²) < 4.78 is 55.2. The quantitative estimate of drug-likeness (QED) is 0.435. The number of ketones is 1. The minimum absolute atomic E-state index is 0.0508. The monoisotopic (exact) mass is 552 g/mol. The number of H-pyrrole nitrogens is 1. The maximum atomic E-state index is 13.7. The number of nitrogens with zero attached hydrogens (tertiary/aromatic N) is 1. The molecule has 1 saturated carbocycles. The van der Waals surface area contributed by atoms with Crippen LogP contribution in [0.25, 0.3) is 10.9 Å². The summed E-state index contributed by atoms with van der Waals surface area (Å²) in [7, 11) is 0. The van der Waals surface area contributed by atoms with Gasteiger partial charge in [-0.15, -0.1) is 13.2 Å². The van der Waals surface area contributed by atoms with Crippen LogP contribution in [0.15, 0.2) is 24.3 Å². The van der Waals surface area contributed by atoms with Crippen LogP contribution in [-0.4, -0.2) is 71.5 Å². The van der Waals surface area contributed by atoms with Crippen LogP contribution >= 0.6 is 0 Å². The number of benzene rings is 1. The Hall–Kier alpha value is -3.48. The summed E-state index contributed by atoms with van der Waals surface area (Å²) >= 11 is 0. The van der Waals surface area contributed by atoms with E-state index in [0.29, 0.717) is 36.8 Å². The molecule has 2 aromatic rings. The predicted octanol–water partition coefficient (Wildman–Crippen LogP) is 2.66. The van der Waals surface area contributed by atoms with Gasteiger partial charge in [0.05, 0.1) is 6.04 Å². The smallest absolute Gasteiger partial charge is 0.356 e. The summed E-state index contributed by atoms with van der Waals surface area (Å²) in [5.41, 5.74) is 0.715. The highest BCUT2D eigenvalue weighted by Crippen LogP contribution is 2.43. The van der Waals surface area contributed by atoms with Crippen molar-refractivity contribution in [2.24, 2.45) is 17.8 Å². The number of carbonyl (C=O) groups excluding carboxylic acids is 4. The molecule has 210 valence electrons. The summed E-state index contributed by atoms with van der Waals surface area (Å²) in [5, 5.41) is 5.66. The van der Waals surface area contributed by atoms with Crippen LogP contribution in [0, 0.1) is 23.6 Å². The molecule has 0 bridgehead atoms. The molecule has 0 unspecified atom stereocenters. The van der Waals surface area contributed by atoms with Crippen molar-refractivity contribution < 1.29 is 41.5 Å². The van der Waals surface area contributed by atoms with E-state index >= 15 is 0 Å². The molecule has 13 heteroatoms. The molecule has 0 radical (unpaired) electrons. The second-order valence-electron chi connectivity index (χ2n) is 10.4. The summed E-state index contributed by atoms with van der Waals surface area (Å²) in [4.78, 5) is 56.4. The largest absolute Gasteiger partial charge is 0.522 e. The van der Waals surface area contributed by atoms with E-state index in [0.717, 1.165) is 12.8 Å². The van der Waals surface area contributed by atoms with Crippen LogP contribution in [0.5, 0.6) is 0 Å². The Balaban J connectivity index is 1.37. The molecule has 1 aromatic heterocycles. The lowest BCUT2D eigenvalue weighted by Crippen LogP contribution is -2.54. The van der Waals surface area contributed by atoms with Crippen molar-refractivity contribution in [3.8, 4) is 0 Å². The maximum absolute atomic E-state index is 13.7. The SMILES string of the molecule is O=C1NCC[C@H]1C[C@@H](NC(=O)[C@@H]1[C@H]2CCC[C@H]2CN1C(=O)c1cc2cc(F)ccc2[nH]1)C(=O)COC(F)(F)F. The highest BCUT2D eigenvalue weighted by molar-refractivity contribution is 6.01. The molecule has 2 aliphatic heterocycles. The summed E-state index contributed by atoms with van der Waals surface area (Å²) in [6.45, 7) is -0.652. The first-order valence-electron chi connectivity index (χ1n) is 12.9. The number of hydrogen-bond donors (Lipinski definition) is 3. The van der Waals surface area contributed by atoms with Crippen LogP contribution in [-0.2, 0) is 19.1 Å². The highest BCUT2D eigenvalue weighted by Gasteiger charge is 2.50. The second-order valence-corrected chi connectivity index (χ2v) is 10.4. The summed E-state index contributed by atoms with van der Waals surface area (Å²) in [6.07, 6.45) is -2.51. The zero-order chi connectivity index (χ0) is 27.9. The number of rotatable bonds is 8. The zero-order valence-corrected chi connectivity index (χ0v) is 20.9. The van der Waals surface area contributed by atoms with E-state index in [1.807, 2.05) is 0 Å². The molecule has 3 aliphatic rings. The molecule has 3 heterocycles. The molecule has 5 rings (SSSR count). The number of halogens is 4. The Morgan fingerprint density at radius 1 is 1.15 bits per heavy atom. The fourth-order valence-electron chi connectivity index (χ4n) is 6.16. The number of hydrogen-bond acceptors (Lipinski definition) is 5. The van der Waals surface area contributed by atoms with E-state index in [1.165, 1.54) is 29.2 Å². The molecule has 3 fully saturated rings. The molecule has 3 N–H and O–H groups in total. The Labute approximate surface area is 220 Å². The fourth-order valence-corrected chi connectivity index (χ4v) is 6.16. The first-order chi connectivity index (χ1) is 18.5. The molecule has 5 atom stereocenters. The van der Waals surface area contributed by atoms with Crippen molar-refractivity contribution in [2.45, 2.75) is 50.6 Å². The lowest BCUT2D eigenvalue weighted by atomic mass is 9.92. The van der Waals surface area contributed by atoms with Gasteiger partial charge < -0.3 is 20.5 Å². The Kier molecular flexibility index (Phi) is 7.36. The molecule has 39 heavy (non-hydrogen) atoms. The van der Waals surface area contributed by atoms with Crippen LogP contribution in [0.3, 0.4) is 0 Å². The van der Waals surface area contributed by atoms with Crippen LogP contribution in [0.2, 0.25) is 0 Å². The van der Waals surface area contributed by atoms with E-state index in [9.17, 15) is 36.7 Å². The Bertz CT molecular complexity index is 1290. The van der Waals surface area contributed by atoms with Crippen LogP contribution in [0.1, 0.15) is 42.6 Å². The molecule has 1 aromatic carbocycles. The third kappa shape index (κ3) is 5.77. The minimum Gasteiger partial charge on any atom is -0.356 e. The van der Waals surface area contributed by atoms with Gasteiger partial charge in [-0.05, 0) is 61.8 Å². The number of alkyl halides is 3. The van der Waals surface area contributed by atoms with Gasteiger partial charge in [-0.25, -0.2) is 4.39 Å². The van der Waals surface area contributed by atoms with E-state index in [-0.39, 0.29) is 29.9 Å². The molecule has 9 nitrogen and oxygen atoms in total. The average molecular weight is 553 g/mol. The van der Waals surface area contributed by atoms with Gasteiger partial charge in [0.15, 0.2) is 5.78 Å². The standard InChI is InChI=1S/C26H28F4N4O5/c27-16-4-5-18-15(8-16)10-20(32-18)25(38)34-11-14-2-1-3-17(14)22(34)24(37)33-19(9-13-6-7-31-23(13)36)21(35)12-39-26(28,29)30/h4-5,8,10,13-14,17,19,22,32H,1-3,6-7,9,11-12H2,(H,31,36)(H,33,37)/t13-,14-,17-,19+,22-/m0/s1. The molecule has 3 amide bonds. The maximum Gasteiger partial charge on any atom is 0.522 e. The Morgan fingerprint density at radius 3 is 2.67 bits per heavy atom. The molecule has 0 spiro atoms. The molecule has 1 aliphatic carbocycles. The molecular formula is C26H28F4N4O5. The zero-order valence-electron chi connectivity index (χ0n) is 20.9. The normalized spacial score (nSPS) is 25.5. The van der Waals surface area contributed by atoms with E-state index < -0.39 is 54.4 Å². The van der Waals surface area contributed by atoms with Gasteiger partial charge in [-0.1, -0.05) is 6.42 Å². The van der Waals surface area contributed by atoms with Crippen molar-refractivity contribution in [1.29, 1.82) is 0 Å². The number of nitrogens with one attached hydrogen (secondary N) is 3. The number of carbonyl (C=O) groups is 4. The number of likely N-dealkylation sites (tertiary alicyclic amines) is 1. The van der Waals surface area contributed by atoms with Crippen molar-refractivity contribution in [3.63, 3.8) is 0 Å². The first-order valence-corrected chi connectivity index (χ1v) is 12.9. The fraction of sp³-hybridized carbons (Fsp3) is 0.538. The summed E-state index contributed by atoms with van der Waals surface area (Å²) in [5.74, 6) is -3.75. The number of ether oxygens (including phenoxy) is 1. The van der Waals surface area contributed by atoms with Crippen molar-refractivity contribution in [3.05, 3.63) is 35.8 Å². The van der Waals surface area contributed by atoms with Gasteiger partial charge in [-0.3, -0.25) is 23.9 Å². The number of Topliss-reactive ketones (excluding diaryl/α,β-unsaturated/α-hetero) is 1. The van der Waals surface area contributed by atoms with Gasteiger partial charge in [0.2, 0.25) is 11.8 Å².